The highest BCUT2D eigenvalue weighted by molar-refractivity contribution is 6.09. The van der Waals surface area contributed by atoms with Crippen molar-refractivity contribution in [2.24, 2.45) is 11.3 Å². The first-order valence-corrected chi connectivity index (χ1v) is 5.22. The molecule has 0 aromatic heterocycles. The Balaban J connectivity index is 2.37. The predicted molar refractivity (Wildman–Crippen MR) is 61.4 cm³/mol. The van der Waals surface area contributed by atoms with Gasteiger partial charge >= 0.3 is 0 Å². The lowest BCUT2D eigenvalue weighted by atomic mass is 9.76. The van der Waals surface area contributed by atoms with Crippen LogP contribution in [0.2, 0.25) is 0 Å². The van der Waals surface area contributed by atoms with Crippen LogP contribution in [0, 0.1) is 23.7 Å². The highest BCUT2D eigenvalue weighted by Crippen LogP contribution is 2.45. The molecule has 2 aliphatic carbocycles. The third kappa shape index (κ3) is 1.55. The van der Waals surface area contributed by atoms with Gasteiger partial charge in [-0.25, -0.2) is 0 Å². The van der Waals surface area contributed by atoms with Crippen LogP contribution in [0.5, 0.6) is 0 Å². The van der Waals surface area contributed by atoms with E-state index in [0.717, 1.165) is 0 Å². The highest BCUT2D eigenvalue weighted by atomic mass is 16.1. The second-order valence-corrected chi connectivity index (χ2v) is 4.32. The van der Waals surface area contributed by atoms with Gasteiger partial charge in [0.2, 0.25) is 5.78 Å². The van der Waals surface area contributed by atoms with E-state index in [0.29, 0.717) is 12.0 Å². The number of carbonyl (C=O) groups is 2. The Kier molecular flexibility index (Phi) is 2.40. The molecule has 1 spiro atoms. The van der Waals surface area contributed by atoms with Crippen LogP contribution in [0.25, 0.3) is 0 Å². The minimum absolute atomic E-state index is 0.0112. The smallest absolute Gasteiger partial charge is 0.231 e. The fourth-order valence-electron chi connectivity index (χ4n) is 2.25. The molecule has 0 aliphatic heterocycles. The zero-order valence-corrected chi connectivity index (χ0v) is 9.07. The fraction of sp³-hybridized carbons (Fsp3) is 0.286. The molecule has 2 heteroatoms. The van der Waals surface area contributed by atoms with Crippen molar-refractivity contribution >= 4 is 11.6 Å². The van der Waals surface area contributed by atoms with Crippen LogP contribution in [0.4, 0.5) is 0 Å². The Morgan fingerprint density at radius 1 is 1.50 bits per heavy atom. The molecule has 0 heterocycles. The molecule has 0 N–H and O–H groups in total. The average Bonchev–Trinajstić information content (AvgIpc) is 2.60. The van der Waals surface area contributed by atoms with E-state index >= 15 is 0 Å². The number of ketones is 2. The molecule has 0 saturated heterocycles. The Morgan fingerprint density at radius 3 is 2.69 bits per heavy atom. The molecule has 0 radical (unpaired) electrons. The maximum atomic E-state index is 11.4. The van der Waals surface area contributed by atoms with Gasteiger partial charge in [-0.2, -0.15) is 0 Å². The van der Waals surface area contributed by atoms with Crippen LogP contribution in [-0.4, -0.2) is 11.6 Å². The lowest BCUT2D eigenvalue weighted by Crippen LogP contribution is -2.20. The number of Topliss-reactive ketones (excluding diaryl/α,β-unsaturated/α-hetero) is 1. The summed E-state index contributed by atoms with van der Waals surface area (Å²) < 4.78 is 0. The van der Waals surface area contributed by atoms with E-state index < -0.39 is 0 Å². The summed E-state index contributed by atoms with van der Waals surface area (Å²) >= 11 is 0. The Bertz CT molecular complexity index is 467. The van der Waals surface area contributed by atoms with Gasteiger partial charge in [0.15, 0.2) is 5.78 Å². The van der Waals surface area contributed by atoms with Gasteiger partial charge < -0.3 is 0 Å². The summed E-state index contributed by atoms with van der Waals surface area (Å²) in [5.74, 6) is 2.14. The van der Waals surface area contributed by atoms with Crippen LogP contribution < -0.4 is 0 Å². The van der Waals surface area contributed by atoms with Crippen LogP contribution in [0.3, 0.4) is 0 Å². The first-order valence-electron chi connectivity index (χ1n) is 5.22. The number of hydrogen-bond donors (Lipinski definition) is 0. The second kappa shape index (κ2) is 3.61. The molecular formula is C14H12O2. The van der Waals surface area contributed by atoms with Crippen LogP contribution >= 0.6 is 0 Å². The maximum Gasteiger partial charge on any atom is 0.231 e. The van der Waals surface area contributed by atoms with Gasteiger partial charge in [-0.3, -0.25) is 9.59 Å². The summed E-state index contributed by atoms with van der Waals surface area (Å²) in [4.78, 5) is 22.5. The lowest BCUT2D eigenvalue weighted by molar-refractivity contribution is -0.111. The summed E-state index contributed by atoms with van der Waals surface area (Å²) in [7, 11) is 0. The molecule has 2 nitrogen and oxygen atoms in total. The van der Waals surface area contributed by atoms with Gasteiger partial charge in [-0.1, -0.05) is 25.2 Å². The van der Waals surface area contributed by atoms with E-state index in [2.05, 4.69) is 12.8 Å². The summed E-state index contributed by atoms with van der Waals surface area (Å²) in [6.45, 7) is 2.05. The summed E-state index contributed by atoms with van der Waals surface area (Å²) in [5.41, 5.74) is 0.383. The largest absolute Gasteiger partial charge is 0.290 e. The lowest BCUT2D eigenvalue weighted by Gasteiger charge is -2.26. The zero-order valence-electron chi connectivity index (χ0n) is 9.07. The summed E-state index contributed by atoms with van der Waals surface area (Å²) in [5, 5.41) is 0. The number of allylic oxidation sites excluding steroid dienone is 6. The Hall–Kier alpha value is -1.88. The van der Waals surface area contributed by atoms with E-state index in [9.17, 15) is 9.59 Å². The van der Waals surface area contributed by atoms with Gasteiger partial charge in [0.1, 0.15) is 0 Å². The van der Waals surface area contributed by atoms with Crippen molar-refractivity contribution in [2.75, 3.05) is 0 Å². The van der Waals surface area contributed by atoms with Crippen molar-refractivity contribution in [2.45, 2.75) is 13.3 Å². The Morgan fingerprint density at radius 2 is 2.12 bits per heavy atom. The second-order valence-electron chi connectivity index (χ2n) is 4.32. The maximum absolute atomic E-state index is 11.4. The van der Waals surface area contributed by atoms with E-state index in [-0.39, 0.29) is 22.9 Å². The standard InChI is InChI=1S/C14H12O2/c1-3-13(16)11-8-10(2)14(9-11)6-4-12(15)5-7-14/h1,4-7,9-10H,8H2,2H3/t10-/m0/s1. The van der Waals surface area contributed by atoms with Crippen molar-refractivity contribution < 1.29 is 9.59 Å². The third-order valence-electron chi connectivity index (χ3n) is 3.30. The number of hydrogen-bond acceptors (Lipinski definition) is 2. The molecule has 2 rings (SSSR count). The summed E-state index contributed by atoms with van der Waals surface area (Å²) in [6, 6.07) is 0. The molecule has 0 bridgehead atoms. The summed E-state index contributed by atoms with van der Waals surface area (Å²) in [6.07, 6.45) is 14.5. The highest BCUT2D eigenvalue weighted by Gasteiger charge is 2.38. The van der Waals surface area contributed by atoms with Gasteiger partial charge in [0, 0.05) is 11.0 Å². The molecule has 0 saturated carbocycles. The molecule has 16 heavy (non-hydrogen) atoms. The van der Waals surface area contributed by atoms with Gasteiger partial charge in [0.05, 0.1) is 0 Å². The van der Waals surface area contributed by atoms with E-state index in [4.69, 9.17) is 6.42 Å². The van der Waals surface area contributed by atoms with Gasteiger partial charge in [0.25, 0.3) is 0 Å². The first kappa shape index (κ1) is 10.6. The normalized spacial score (nSPS) is 25.6. The van der Waals surface area contributed by atoms with E-state index in [1.807, 2.05) is 18.2 Å². The topological polar surface area (TPSA) is 34.1 Å². The molecule has 0 aromatic carbocycles. The van der Waals surface area contributed by atoms with Crippen LogP contribution in [-0.2, 0) is 9.59 Å². The van der Waals surface area contributed by atoms with Crippen molar-refractivity contribution in [3.8, 4) is 12.3 Å². The average molecular weight is 212 g/mol. The minimum Gasteiger partial charge on any atom is -0.290 e. The fourth-order valence-corrected chi connectivity index (χ4v) is 2.25. The molecule has 0 unspecified atom stereocenters. The first-order chi connectivity index (χ1) is 7.57. The SMILES string of the molecule is C#CC(=O)C1=CC2(C=CC(=O)C=C2)[C@@H](C)C1. The van der Waals surface area contributed by atoms with E-state index in [1.54, 1.807) is 12.2 Å². The number of carbonyl (C=O) groups excluding carboxylic acids is 2. The molecule has 2 aliphatic rings. The molecule has 1 atom stereocenters. The quantitative estimate of drug-likeness (QED) is 0.491. The monoisotopic (exact) mass is 212 g/mol. The predicted octanol–water partition coefficient (Wildman–Crippen LogP) is 1.84. The third-order valence-corrected chi connectivity index (χ3v) is 3.30. The van der Waals surface area contributed by atoms with Gasteiger partial charge in [-0.15, -0.1) is 6.42 Å². The van der Waals surface area contributed by atoms with Crippen molar-refractivity contribution in [1.29, 1.82) is 0 Å². The van der Waals surface area contributed by atoms with Crippen LogP contribution in [0.15, 0.2) is 36.0 Å². The molecule has 0 amide bonds. The Labute approximate surface area is 94.7 Å². The van der Waals surface area contributed by atoms with Gasteiger partial charge in [-0.05, 0) is 30.4 Å². The zero-order chi connectivity index (χ0) is 11.8. The number of rotatable bonds is 1. The molecule has 0 fully saturated rings. The minimum atomic E-state index is -0.296. The van der Waals surface area contributed by atoms with Crippen molar-refractivity contribution in [3.05, 3.63) is 36.0 Å². The van der Waals surface area contributed by atoms with Crippen molar-refractivity contribution in [3.63, 3.8) is 0 Å². The number of terminal acetylenes is 1. The molecular weight excluding hydrogens is 200 g/mol. The van der Waals surface area contributed by atoms with Crippen LogP contribution in [0.1, 0.15) is 13.3 Å². The van der Waals surface area contributed by atoms with E-state index in [1.165, 1.54) is 0 Å². The molecule has 80 valence electrons. The van der Waals surface area contributed by atoms with Crippen molar-refractivity contribution in [1.82, 2.24) is 0 Å². The molecule has 0 aromatic rings.